The largest absolute Gasteiger partial charge is 0.480 e. The lowest BCUT2D eigenvalue weighted by Gasteiger charge is -2.18. The van der Waals surface area contributed by atoms with E-state index in [0.717, 1.165) is 17.7 Å². The molecule has 0 aliphatic rings. The van der Waals surface area contributed by atoms with Crippen molar-refractivity contribution in [2.45, 2.75) is 33.7 Å². The molecule has 1 amide bonds. The first-order valence-corrected chi connectivity index (χ1v) is 9.27. The molecule has 3 N–H and O–H groups in total. The van der Waals surface area contributed by atoms with Gasteiger partial charge in [-0.25, -0.2) is 4.79 Å². The van der Waals surface area contributed by atoms with Gasteiger partial charge in [-0.15, -0.1) is 0 Å². The van der Waals surface area contributed by atoms with Crippen molar-refractivity contribution in [2.24, 2.45) is 5.92 Å². The molecule has 0 spiro atoms. The highest BCUT2D eigenvalue weighted by atomic mass is 16.6. The van der Waals surface area contributed by atoms with Crippen molar-refractivity contribution in [3.63, 3.8) is 0 Å². The number of nitro benzene ring substituents is 2. The van der Waals surface area contributed by atoms with E-state index < -0.39 is 50.6 Å². The third-order valence-electron chi connectivity index (χ3n) is 4.61. The van der Waals surface area contributed by atoms with Gasteiger partial charge in [-0.1, -0.05) is 31.5 Å². The Hall–Kier alpha value is -4.02. The van der Waals surface area contributed by atoms with Crippen molar-refractivity contribution in [1.29, 1.82) is 0 Å². The van der Waals surface area contributed by atoms with Crippen molar-refractivity contribution >= 4 is 34.6 Å². The SMILES string of the molecule is Cc1ccc(Nc2c([N+](=O)[O-])cc(C(=O)NC(C(=O)O)C(C)C)cc2[N+](=O)[O-])c(C)c1. The Morgan fingerprint density at radius 2 is 1.55 bits per heavy atom. The maximum atomic E-state index is 12.5. The normalized spacial score (nSPS) is 11.6. The second-order valence-electron chi connectivity index (χ2n) is 7.38. The van der Waals surface area contributed by atoms with E-state index in [9.17, 15) is 34.9 Å². The van der Waals surface area contributed by atoms with Crippen LogP contribution in [0.2, 0.25) is 0 Å². The predicted molar refractivity (Wildman–Crippen MR) is 113 cm³/mol. The fourth-order valence-corrected chi connectivity index (χ4v) is 2.99. The van der Waals surface area contributed by atoms with E-state index in [-0.39, 0.29) is 5.69 Å². The Bertz CT molecular complexity index is 1030. The lowest BCUT2D eigenvalue weighted by molar-refractivity contribution is -0.392. The minimum absolute atomic E-state index is 0.378. The Kier molecular flexibility index (Phi) is 6.90. The van der Waals surface area contributed by atoms with Gasteiger partial charge in [0.05, 0.1) is 15.4 Å². The van der Waals surface area contributed by atoms with Crippen LogP contribution >= 0.6 is 0 Å². The van der Waals surface area contributed by atoms with Gasteiger partial charge in [0.15, 0.2) is 5.69 Å². The molecule has 2 aromatic rings. The van der Waals surface area contributed by atoms with E-state index in [4.69, 9.17) is 0 Å². The van der Waals surface area contributed by atoms with E-state index in [0.29, 0.717) is 11.3 Å². The van der Waals surface area contributed by atoms with Crippen molar-refractivity contribution in [2.75, 3.05) is 5.32 Å². The van der Waals surface area contributed by atoms with Crippen LogP contribution in [0.25, 0.3) is 0 Å². The number of carboxylic acid groups (broad SMARTS) is 1. The summed E-state index contributed by atoms with van der Waals surface area (Å²) in [6.45, 7) is 6.74. The van der Waals surface area contributed by atoms with Crippen LogP contribution in [-0.2, 0) is 4.79 Å². The molecule has 0 aliphatic carbocycles. The number of nitro groups is 2. The molecular formula is C20H22N4O7. The molecule has 0 bridgehead atoms. The van der Waals surface area contributed by atoms with Crippen LogP contribution in [0.3, 0.4) is 0 Å². The molecule has 11 heteroatoms. The molecule has 1 atom stereocenters. The van der Waals surface area contributed by atoms with Gasteiger partial charge < -0.3 is 15.7 Å². The number of nitrogens with one attached hydrogen (secondary N) is 2. The molecule has 0 saturated heterocycles. The molecular weight excluding hydrogens is 408 g/mol. The van der Waals surface area contributed by atoms with Crippen molar-refractivity contribution < 1.29 is 24.5 Å². The van der Waals surface area contributed by atoms with Crippen LogP contribution in [0, 0.1) is 40.0 Å². The Balaban J connectivity index is 2.58. The highest BCUT2D eigenvalue weighted by Crippen LogP contribution is 2.38. The lowest BCUT2D eigenvalue weighted by Crippen LogP contribution is -2.44. The number of hydrogen-bond acceptors (Lipinski definition) is 7. The number of nitrogens with zero attached hydrogens (tertiary/aromatic N) is 2. The molecule has 0 aliphatic heterocycles. The second kappa shape index (κ2) is 9.20. The molecule has 0 saturated carbocycles. The van der Waals surface area contributed by atoms with Crippen molar-refractivity contribution in [3.05, 3.63) is 67.3 Å². The van der Waals surface area contributed by atoms with Crippen LogP contribution < -0.4 is 10.6 Å². The van der Waals surface area contributed by atoms with Crippen LogP contribution in [0.15, 0.2) is 30.3 Å². The number of carbonyl (C=O) groups excluding carboxylic acids is 1. The van der Waals surface area contributed by atoms with Crippen LogP contribution in [-0.4, -0.2) is 32.9 Å². The molecule has 0 radical (unpaired) electrons. The van der Waals surface area contributed by atoms with Crippen LogP contribution in [0.1, 0.15) is 35.3 Å². The number of carboxylic acids is 1. The summed E-state index contributed by atoms with van der Waals surface area (Å²) in [4.78, 5) is 45.5. The lowest BCUT2D eigenvalue weighted by atomic mass is 10.0. The van der Waals surface area contributed by atoms with Gasteiger partial charge in [0, 0.05) is 17.8 Å². The average molecular weight is 430 g/mol. The van der Waals surface area contributed by atoms with E-state index in [1.54, 1.807) is 39.0 Å². The molecule has 31 heavy (non-hydrogen) atoms. The number of anilines is 2. The highest BCUT2D eigenvalue weighted by molar-refractivity contribution is 5.99. The van der Waals surface area contributed by atoms with Crippen molar-refractivity contribution in [1.82, 2.24) is 5.32 Å². The summed E-state index contributed by atoms with van der Waals surface area (Å²) in [5.41, 5.74) is -0.0521. The summed E-state index contributed by atoms with van der Waals surface area (Å²) in [5.74, 6) is -2.73. The predicted octanol–water partition coefficient (Wildman–Crippen LogP) is 3.70. The maximum Gasteiger partial charge on any atom is 0.326 e. The van der Waals surface area contributed by atoms with Gasteiger partial charge in [0.2, 0.25) is 0 Å². The van der Waals surface area contributed by atoms with Gasteiger partial charge in [-0.3, -0.25) is 25.0 Å². The van der Waals surface area contributed by atoms with Gasteiger partial charge in [-0.05, 0) is 31.4 Å². The number of rotatable bonds is 8. The number of aliphatic carboxylic acids is 1. The Labute approximate surface area is 177 Å². The molecule has 1 unspecified atom stereocenters. The first kappa shape index (κ1) is 23.3. The molecule has 2 aromatic carbocycles. The monoisotopic (exact) mass is 430 g/mol. The second-order valence-corrected chi connectivity index (χ2v) is 7.38. The number of aryl methyl sites for hydroxylation is 2. The molecule has 0 aromatic heterocycles. The summed E-state index contributed by atoms with van der Waals surface area (Å²) in [7, 11) is 0. The first-order valence-electron chi connectivity index (χ1n) is 9.27. The zero-order valence-electron chi connectivity index (χ0n) is 17.3. The van der Waals surface area contributed by atoms with Gasteiger partial charge >= 0.3 is 17.3 Å². The molecule has 11 nitrogen and oxygen atoms in total. The fourth-order valence-electron chi connectivity index (χ4n) is 2.99. The van der Waals surface area contributed by atoms with E-state index >= 15 is 0 Å². The van der Waals surface area contributed by atoms with Gasteiger partial charge in [-0.2, -0.15) is 0 Å². The van der Waals surface area contributed by atoms with Crippen molar-refractivity contribution in [3.8, 4) is 0 Å². The Morgan fingerprint density at radius 1 is 1.00 bits per heavy atom. The third-order valence-corrected chi connectivity index (χ3v) is 4.61. The topological polar surface area (TPSA) is 165 Å². The van der Waals surface area contributed by atoms with Crippen LogP contribution in [0.5, 0.6) is 0 Å². The molecule has 0 fully saturated rings. The van der Waals surface area contributed by atoms with Gasteiger partial charge in [0.25, 0.3) is 5.91 Å². The maximum absolute atomic E-state index is 12.5. The summed E-state index contributed by atoms with van der Waals surface area (Å²) in [6, 6.07) is 5.69. The quantitative estimate of drug-likeness (QED) is 0.421. The number of carbonyl (C=O) groups is 2. The minimum atomic E-state index is -1.29. The third kappa shape index (κ3) is 5.32. The number of hydrogen-bond donors (Lipinski definition) is 3. The fraction of sp³-hybridized carbons (Fsp3) is 0.300. The minimum Gasteiger partial charge on any atom is -0.480 e. The zero-order chi connectivity index (χ0) is 23.5. The standard InChI is InChI=1S/C20H22N4O7/c1-10(2)17(20(26)27)22-19(25)13-8-15(23(28)29)18(16(9-13)24(30)31)21-14-6-5-11(3)7-12(14)4/h5-10,17,21H,1-4H3,(H,22,25)(H,26,27). The average Bonchev–Trinajstić information content (AvgIpc) is 2.66. The number of amides is 1. The summed E-state index contributed by atoms with van der Waals surface area (Å²) in [6.07, 6.45) is 0. The van der Waals surface area contributed by atoms with E-state index in [2.05, 4.69) is 10.6 Å². The highest BCUT2D eigenvalue weighted by Gasteiger charge is 2.31. The van der Waals surface area contributed by atoms with E-state index in [1.165, 1.54) is 0 Å². The summed E-state index contributed by atoms with van der Waals surface area (Å²) < 4.78 is 0. The molecule has 164 valence electrons. The zero-order valence-corrected chi connectivity index (χ0v) is 17.3. The smallest absolute Gasteiger partial charge is 0.326 e. The summed E-state index contributed by atoms with van der Waals surface area (Å²) in [5, 5.41) is 37.5. The molecule has 2 rings (SSSR count). The first-order chi connectivity index (χ1) is 14.4. The Morgan fingerprint density at radius 3 is 1.97 bits per heavy atom. The molecule has 0 heterocycles. The van der Waals surface area contributed by atoms with Gasteiger partial charge in [0.1, 0.15) is 6.04 Å². The van der Waals surface area contributed by atoms with Crippen LogP contribution in [0.4, 0.5) is 22.7 Å². The number of benzene rings is 2. The summed E-state index contributed by atoms with van der Waals surface area (Å²) >= 11 is 0. The van der Waals surface area contributed by atoms with E-state index in [1.807, 2.05) is 6.92 Å².